The zero-order valence-corrected chi connectivity index (χ0v) is 12.9. The topological polar surface area (TPSA) is 99.3 Å². The number of ether oxygens (including phenoxy) is 1. The SMILES string of the molecule is CCOC1(c2cccc(NN)c2N)/C(=C\N)CCCC1C. The second kappa shape index (κ2) is 6.37. The number of benzene rings is 1. The Labute approximate surface area is 126 Å². The molecule has 7 N–H and O–H groups in total. The Morgan fingerprint density at radius 2 is 2.24 bits per heavy atom. The first-order valence-electron chi connectivity index (χ1n) is 7.52. The molecule has 5 nitrogen and oxygen atoms in total. The first-order valence-corrected chi connectivity index (χ1v) is 7.52. The third-order valence-electron chi connectivity index (χ3n) is 4.49. The van der Waals surface area contributed by atoms with E-state index >= 15 is 0 Å². The Morgan fingerprint density at radius 3 is 2.86 bits per heavy atom. The van der Waals surface area contributed by atoms with E-state index in [1.54, 1.807) is 6.20 Å². The summed E-state index contributed by atoms with van der Waals surface area (Å²) in [4.78, 5) is 0. The van der Waals surface area contributed by atoms with Crippen LogP contribution in [-0.4, -0.2) is 6.61 Å². The van der Waals surface area contributed by atoms with Crippen LogP contribution in [0.3, 0.4) is 0 Å². The van der Waals surface area contributed by atoms with Crippen molar-refractivity contribution in [3.05, 3.63) is 35.5 Å². The van der Waals surface area contributed by atoms with Crippen LogP contribution in [0.25, 0.3) is 0 Å². The molecule has 1 saturated carbocycles. The van der Waals surface area contributed by atoms with Gasteiger partial charge >= 0.3 is 0 Å². The molecular weight excluding hydrogens is 264 g/mol. The fourth-order valence-corrected chi connectivity index (χ4v) is 3.51. The lowest BCUT2D eigenvalue weighted by Gasteiger charge is -2.45. The van der Waals surface area contributed by atoms with Crippen LogP contribution in [0, 0.1) is 5.92 Å². The summed E-state index contributed by atoms with van der Waals surface area (Å²) < 4.78 is 6.26. The van der Waals surface area contributed by atoms with Crippen LogP contribution in [0.4, 0.5) is 11.4 Å². The van der Waals surface area contributed by atoms with Crippen molar-refractivity contribution in [1.82, 2.24) is 0 Å². The smallest absolute Gasteiger partial charge is 0.120 e. The van der Waals surface area contributed by atoms with E-state index in [1.807, 2.05) is 25.1 Å². The molecule has 21 heavy (non-hydrogen) atoms. The summed E-state index contributed by atoms with van der Waals surface area (Å²) in [6.45, 7) is 4.79. The van der Waals surface area contributed by atoms with Gasteiger partial charge in [-0.1, -0.05) is 19.1 Å². The molecule has 5 heteroatoms. The van der Waals surface area contributed by atoms with Gasteiger partial charge in [0.2, 0.25) is 0 Å². The normalized spacial score (nSPS) is 27.8. The third kappa shape index (κ3) is 2.47. The van der Waals surface area contributed by atoms with E-state index in [2.05, 4.69) is 12.3 Å². The van der Waals surface area contributed by atoms with Crippen LogP contribution in [0.15, 0.2) is 30.0 Å². The van der Waals surface area contributed by atoms with Gasteiger partial charge in [-0.3, -0.25) is 5.84 Å². The monoisotopic (exact) mass is 290 g/mol. The number of hydrazine groups is 1. The number of anilines is 2. The molecule has 2 atom stereocenters. The van der Waals surface area contributed by atoms with Crippen LogP contribution in [0.2, 0.25) is 0 Å². The molecule has 1 aliphatic carbocycles. The Bertz CT molecular complexity index is 529. The van der Waals surface area contributed by atoms with Gasteiger partial charge in [-0.25, -0.2) is 0 Å². The van der Waals surface area contributed by atoms with Crippen LogP contribution < -0.4 is 22.7 Å². The van der Waals surface area contributed by atoms with Crippen molar-refractivity contribution < 1.29 is 4.74 Å². The van der Waals surface area contributed by atoms with E-state index in [0.717, 1.165) is 30.4 Å². The maximum Gasteiger partial charge on any atom is 0.120 e. The van der Waals surface area contributed by atoms with Crippen molar-refractivity contribution in [2.24, 2.45) is 17.5 Å². The first-order chi connectivity index (χ1) is 10.1. The summed E-state index contributed by atoms with van der Waals surface area (Å²) >= 11 is 0. The van der Waals surface area contributed by atoms with Crippen molar-refractivity contribution in [3.8, 4) is 0 Å². The highest BCUT2D eigenvalue weighted by Gasteiger charge is 2.45. The van der Waals surface area contributed by atoms with Crippen molar-refractivity contribution >= 4 is 11.4 Å². The molecule has 0 amide bonds. The highest BCUT2D eigenvalue weighted by molar-refractivity contribution is 5.71. The van der Waals surface area contributed by atoms with Crippen molar-refractivity contribution in [3.63, 3.8) is 0 Å². The van der Waals surface area contributed by atoms with Crippen LogP contribution in [-0.2, 0) is 10.3 Å². The van der Waals surface area contributed by atoms with E-state index < -0.39 is 5.60 Å². The quantitative estimate of drug-likeness (QED) is 0.388. The lowest BCUT2D eigenvalue weighted by atomic mass is 9.68. The molecule has 1 aliphatic rings. The maximum atomic E-state index is 6.33. The van der Waals surface area contributed by atoms with E-state index in [0.29, 0.717) is 23.9 Å². The Kier molecular flexibility index (Phi) is 4.75. The molecule has 2 unspecified atom stereocenters. The van der Waals surface area contributed by atoms with Crippen LogP contribution in [0.5, 0.6) is 0 Å². The van der Waals surface area contributed by atoms with Gasteiger partial charge in [0, 0.05) is 12.2 Å². The Hall–Kier alpha value is -1.72. The molecule has 1 aromatic rings. The highest BCUT2D eigenvalue weighted by atomic mass is 16.5. The van der Waals surface area contributed by atoms with Gasteiger partial charge in [-0.15, -0.1) is 0 Å². The molecule has 0 radical (unpaired) electrons. The minimum absolute atomic E-state index is 0.302. The van der Waals surface area contributed by atoms with E-state index in [-0.39, 0.29) is 0 Å². The number of nitrogens with one attached hydrogen (secondary N) is 1. The van der Waals surface area contributed by atoms with E-state index in [1.165, 1.54) is 0 Å². The summed E-state index contributed by atoms with van der Waals surface area (Å²) in [5, 5.41) is 0. The molecule has 2 rings (SSSR count). The van der Waals surface area contributed by atoms with Gasteiger partial charge in [0.05, 0.1) is 11.4 Å². The fraction of sp³-hybridized carbons (Fsp3) is 0.500. The molecule has 0 saturated heterocycles. The van der Waals surface area contributed by atoms with Gasteiger partial charge in [0.25, 0.3) is 0 Å². The van der Waals surface area contributed by atoms with E-state index in [9.17, 15) is 0 Å². The number of para-hydroxylation sites is 1. The molecule has 0 spiro atoms. The molecule has 0 aromatic heterocycles. The minimum atomic E-state index is -0.557. The summed E-state index contributed by atoms with van der Waals surface area (Å²) in [5.74, 6) is 5.86. The summed E-state index contributed by atoms with van der Waals surface area (Å²) in [6, 6.07) is 5.81. The van der Waals surface area contributed by atoms with Gasteiger partial charge < -0.3 is 21.6 Å². The van der Waals surface area contributed by atoms with Gasteiger partial charge in [0.15, 0.2) is 0 Å². The van der Waals surface area contributed by atoms with Gasteiger partial charge in [-0.05, 0) is 49.9 Å². The lowest BCUT2D eigenvalue weighted by molar-refractivity contribution is -0.0678. The zero-order valence-electron chi connectivity index (χ0n) is 12.9. The first kappa shape index (κ1) is 15.7. The minimum Gasteiger partial charge on any atom is -0.405 e. The fourth-order valence-electron chi connectivity index (χ4n) is 3.51. The standard InChI is InChI=1S/C16H26N4O/c1-3-21-16(11(2)6-4-7-12(16)10-17)13-8-5-9-14(20-19)15(13)18/h5,8-11,20H,3-4,6-7,17-19H2,1-2H3/b12-10-. The Balaban J connectivity index is 2.66. The molecule has 116 valence electrons. The summed E-state index contributed by atoms with van der Waals surface area (Å²) in [5.41, 5.74) is 17.7. The zero-order chi connectivity index (χ0) is 15.5. The predicted molar refractivity (Wildman–Crippen MR) is 87.3 cm³/mol. The highest BCUT2D eigenvalue weighted by Crippen LogP contribution is 2.50. The molecule has 0 bridgehead atoms. The molecule has 1 aromatic carbocycles. The van der Waals surface area contributed by atoms with E-state index in [4.69, 9.17) is 22.0 Å². The van der Waals surface area contributed by atoms with Crippen LogP contribution in [0.1, 0.15) is 38.7 Å². The predicted octanol–water partition coefficient (Wildman–Crippen LogP) is 2.45. The molecular formula is C16H26N4O. The molecule has 0 aliphatic heterocycles. The average Bonchev–Trinajstić information content (AvgIpc) is 2.49. The van der Waals surface area contributed by atoms with Crippen molar-refractivity contribution in [2.75, 3.05) is 17.8 Å². The van der Waals surface area contributed by atoms with Gasteiger partial charge in [0.1, 0.15) is 5.60 Å². The molecule has 0 heterocycles. The number of nitrogen functional groups attached to an aromatic ring is 2. The number of rotatable bonds is 4. The number of hydrogen-bond acceptors (Lipinski definition) is 5. The molecule has 1 fully saturated rings. The van der Waals surface area contributed by atoms with Crippen molar-refractivity contribution in [1.29, 1.82) is 0 Å². The summed E-state index contributed by atoms with van der Waals surface area (Å²) in [6.07, 6.45) is 4.82. The lowest BCUT2D eigenvalue weighted by Crippen LogP contribution is -2.42. The van der Waals surface area contributed by atoms with Crippen LogP contribution >= 0.6 is 0 Å². The van der Waals surface area contributed by atoms with Gasteiger partial charge in [-0.2, -0.15) is 0 Å². The second-order valence-electron chi connectivity index (χ2n) is 5.56. The summed E-state index contributed by atoms with van der Waals surface area (Å²) in [7, 11) is 0. The largest absolute Gasteiger partial charge is 0.405 e. The Morgan fingerprint density at radius 1 is 1.48 bits per heavy atom. The van der Waals surface area contributed by atoms with Crippen molar-refractivity contribution in [2.45, 2.75) is 38.7 Å². The average molecular weight is 290 g/mol. The maximum absolute atomic E-state index is 6.33. The second-order valence-corrected chi connectivity index (χ2v) is 5.56. The third-order valence-corrected chi connectivity index (χ3v) is 4.49. The number of hydrogen-bond donors (Lipinski definition) is 4. The number of nitrogens with two attached hydrogens (primary N) is 3.